The van der Waals surface area contributed by atoms with E-state index in [1.54, 1.807) is 4.90 Å². The fourth-order valence-electron chi connectivity index (χ4n) is 3.86. The first kappa shape index (κ1) is 20.4. The van der Waals surface area contributed by atoms with Gasteiger partial charge in [0.05, 0.1) is 6.04 Å². The SMILES string of the molecule is CC[C@@H](c1ccc(Br)cc1)N1CCC(CCC(N)=O)(c2ccccc2)OC1=O. The van der Waals surface area contributed by atoms with E-state index in [2.05, 4.69) is 22.9 Å². The van der Waals surface area contributed by atoms with E-state index in [0.717, 1.165) is 22.0 Å². The van der Waals surface area contributed by atoms with E-state index in [1.165, 1.54) is 0 Å². The molecule has 148 valence electrons. The fraction of sp³-hybridized carbons (Fsp3) is 0.364. The molecule has 0 bridgehead atoms. The van der Waals surface area contributed by atoms with E-state index in [0.29, 0.717) is 19.4 Å². The number of halogens is 1. The van der Waals surface area contributed by atoms with Crippen molar-refractivity contribution >= 4 is 27.9 Å². The summed E-state index contributed by atoms with van der Waals surface area (Å²) in [4.78, 5) is 26.2. The first-order valence-electron chi connectivity index (χ1n) is 9.54. The molecule has 1 saturated heterocycles. The summed E-state index contributed by atoms with van der Waals surface area (Å²) in [6.45, 7) is 2.62. The van der Waals surface area contributed by atoms with E-state index in [-0.39, 0.29) is 18.6 Å². The topological polar surface area (TPSA) is 72.6 Å². The zero-order chi connectivity index (χ0) is 20.1. The lowest BCUT2D eigenvalue weighted by Gasteiger charge is -2.44. The van der Waals surface area contributed by atoms with E-state index < -0.39 is 11.5 Å². The van der Waals surface area contributed by atoms with E-state index in [9.17, 15) is 9.59 Å². The Hall–Kier alpha value is -2.34. The van der Waals surface area contributed by atoms with Crippen LogP contribution in [-0.4, -0.2) is 23.4 Å². The lowest BCUT2D eigenvalue weighted by molar-refractivity contribution is -0.121. The Kier molecular flexibility index (Phi) is 6.39. The lowest BCUT2D eigenvalue weighted by atomic mass is 9.84. The standard InChI is InChI=1S/C22H25BrN2O3/c1-2-19(16-8-10-18(23)11-9-16)25-15-14-22(28-21(25)27,13-12-20(24)26)17-6-4-3-5-7-17/h3-11,19H,2,12-15H2,1H3,(H2,24,26)/t19-,22?/m0/s1. The van der Waals surface area contributed by atoms with Crippen molar-refractivity contribution in [3.63, 3.8) is 0 Å². The smallest absolute Gasteiger partial charge is 0.411 e. The van der Waals surface area contributed by atoms with Crippen LogP contribution in [0.2, 0.25) is 0 Å². The molecular formula is C22H25BrN2O3. The molecule has 2 amide bonds. The van der Waals surface area contributed by atoms with Crippen LogP contribution in [0.15, 0.2) is 59.1 Å². The Morgan fingerprint density at radius 3 is 2.46 bits per heavy atom. The van der Waals surface area contributed by atoms with Gasteiger partial charge >= 0.3 is 6.09 Å². The molecule has 0 radical (unpaired) electrons. The number of ether oxygens (including phenoxy) is 1. The van der Waals surface area contributed by atoms with Gasteiger partial charge in [0.15, 0.2) is 0 Å². The molecule has 1 aliphatic rings. The molecule has 0 saturated carbocycles. The predicted octanol–water partition coefficient (Wildman–Crippen LogP) is 4.90. The van der Waals surface area contributed by atoms with Gasteiger partial charge in [-0.25, -0.2) is 4.79 Å². The molecular weight excluding hydrogens is 420 g/mol. The van der Waals surface area contributed by atoms with E-state index >= 15 is 0 Å². The molecule has 1 aliphatic heterocycles. The zero-order valence-electron chi connectivity index (χ0n) is 15.9. The molecule has 2 aromatic carbocycles. The predicted molar refractivity (Wildman–Crippen MR) is 112 cm³/mol. The van der Waals surface area contributed by atoms with Crippen molar-refractivity contribution in [2.45, 2.75) is 44.2 Å². The van der Waals surface area contributed by atoms with Gasteiger partial charge < -0.3 is 15.4 Å². The van der Waals surface area contributed by atoms with Gasteiger partial charge in [0, 0.05) is 30.3 Å². The first-order chi connectivity index (χ1) is 13.4. The average molecular weight is 445 g/mol. The highest BCUT2D eigenvalue weighted by Crippen LogP contribution is 2.41. The van der Waals surface area contributed by atoms with Crippen LogP contribution in [0.1, 0.15) is 49.8 Å². The molecule has 0 spiro atoms. The molecule has 0 aliphatic carbocycles. The van der Waals surface area contributed by atoms with Crippen LogP contribution in [0.25, 0.3) is 0 Å². The average Bonchev–Trinajstić information content (AvgIpc) is 2.70. The largest absolute Gasteiger partial charge is 0.438 e. The molecule has 2 aromatic rings. The van der Waals surface area contributed by atoms with Crippen LogP contribution < -0.4 is 5.73 Å². The summed E-state index contributed by atoms with van der Waals surface area (Å²) in [5.41, 5.74) is 6.53. The third-order valence-electron chi connectivity index (χ3n) is 5.37. The Morgan fingerprint density at radius 1 is 1.21 bits per heavy atom. The van der Waals surface area contributed by atoms with Crippen molar-refractivity contribution in [2.24, 2.45) is 5.73 Å². The number of primary amides is 1. The maximum Gasteiger partial charge on any atom is 0.411 e. The highest BCUT2D eigenvalue weighted by atomic mass is 79.9. The highest BCUT2D eigenvalue weighted by molar-refractivity contribution is 9.10. The molecule has 1 unspecified atom stereocenters. The minimum atomic E-state index is -0.818. The molecule has 2 atom stereocenters. The summed E-state index contributed by atoms with van der Waals surface area (Å²) in [5, 5.41) is 0. The van der Waals surface area contributed by atoms with Crippen LogP contribution in [0.3, 0.4) is 0 Å². The summed E-state index contributed by atoms with van der Waals surface area (Å²) < 4.78 is 7.02. The second kappa shape index (κ2) is 8.78. The quantitative estimate of drug-likeness (QED) is 0.659. The summed E-state index contributed by atoms with van der Waals surface area (Å²) >= 11 is 3.45. The number of carbonyl (C=O) groups is 2. The second-order valence-corrected chi connectivity index (χ2v) is 8.03. The third-order valence-corrected chi connectivity index (χ3v) is 5.90. The zero-order valence-corrected chi connectivity index (χ0v) is 17.5. The van der Waals surface area contributed by atoms with Crippen LogP contribution in [0.5, 0.6) is 0 Å². The Morgan fingerprint density at radius 2 is 1.89 bits per heavy atom. The molecule has 1 heterocycles. The van der Waals surface area contributed by atoms with Crippen LogP contribution in [0.4, 0.5) is 4.79 Å². The molecule has 3 rings (SSSR count). The van der Waals surface area contributed by atoms with Crippen molar-refractivity contribution in [3.05, 3.63) is 70.2 Å². The number of amides is 2. The maximum absolute atomic E-state index is 13.0. The maximum atomic E-state index is 13.0. The number of benzene rings is 2. The minimum absolute atomic E-state index is 0.0505. The van der Waals surface area contributed by atoms with Crippen molar-refractivity contribution in [1.82, 2.24) is 4.90 Å². The highest BCUT2D eigenvalue weighted by Gasteiger charge is 2.43. The van der Waals surface area contributed by atoms with Crippen molar-refractivity contribution in [3.8, 4) is 0 Å². The van der Waals surface area contributed by atoms with Gasteiger partial charge in [0.1, 0.15) is 5.60 Å². The number of carbonyl (C=O) groups excluding carboxylic acids is 2. The van der Waals surface area contributed by atoms with E-state index in [1.807, 2.05) is 54.6 Å². The monoisotopic (exact) mass is 444 g/mol. The van der Waals surface area contributed by atoms with Crippen LogP contribution >= 0.6 is 15.9 Å². The molecule has 28 heavy (non-hydrogen) atoms. The summed E-state index contributed by atoms with van der Waals surface area (Å²) in [7, 11) is 0. The number of nitrogens with two attached hydrogens (primary N) is 1. The molecule has 6 heteroatoms. The Labute approximate surface area is 174 Å². The third kappa shape index (κ3) is 4.38. The van der Waals surface area contributed by atoms with Crippen molar-refractivity contribution in [1.29, 1.82) is 0 Å². The molecule has 0 aromatic heterocycles. The van der Waals surface area contributed by atoms with E-state index in [4.69, 9.17) is 10.5 Å². The normalized spacial score (nSPS) is 20.5. The number of hydrogen-bond acceptors (Lipinski definition) is 3. The number of cyclic esters (lactones) is 1. The van der Waals surface area contributed by atoms with Gasteiger partial charge in [0.2, 0.25) is 5.91 Å². The summed E-state index contributed by atoms with van der Waals surface area (Å²) in [6, 6.07) is 17.6. The number of rotatable bonds is 7. The van der Waals surface area contributed by atoms with Gasteiger partial charge in [-0.3, -0.25) is 4.79 Å². The lowest BCUT2D eigenvalue weighted by Crippen LogP contribution is -2.49. The molecule has 5 nitrogen and oxygen atoms in total. The Bertz CT molecular complexity index is 825. The fourth-order valence-corrected chi connectivity index (χ4v) is 4.13. The van der Waals surface area contributed by atoms with Crippen LogP contribution in [-0.2, 0) is 15.1 Å². The first-order valence-corrected chi connectivity index (χ1v) is 10.3. The van der Waals surface area contributed by atoms with Gasteiger partial charge in [-0.15, -0.1) is 0 Å². The van der Waals surface area contributed by atoms with Crippen LogP contribution in [0, 0.1) is 0 Å². The number of nitrogens with zero attached hydrogens (tertiary/aromatic N) is 1. The summed E-state index contributed by atoms with van der Waals surface area (Å²) in [5.74, 6) is -0.393. The summed E-state index contributed by atoms with van der Waals surface area (Å²) in [6.07, 6.45) is 1.61. The van der Waals surface area contributed by atoms with Gasteiger partial charge in [0.25, 0.3) is 0 Å². The molecule has 1 fully saturated rings. The minimum Gasteiger partial charge on any atom is -0.438 e. The number of hydrogen-bond donors (Lipinski definition) is 1. The van der Waals surface area contributed by atoms with Gasteiger partial charge in [-0.2, -0.15) is 0 Å². The Balaban J connectivity index is 1.85. The second-order valence-electron chi connectivity index (χ2n) is 7.11. The van der Waals surface area contributed by atoms with Crippen molar-refractivity contribution in [2.75, 3.05) is 6.54 Å². The van der Waals surface area contributed by atoms with Gasteiger partial charge in [-0.05, 0) is 29.7 Å². The molecule has 2 N–H and O–H groups in total. The van der Waals surface area contributed by atoms with Gasteiger partial charge in [-0.1, -0.05) is 65.3 Å². The van der Waals surface area contributed by atoms with Crippen molar-refractivity contribution < 1.29 is 14.3 Å².